The smallest absolute Gasteiger partial charge is 0.264 e. The average Bonchev–Trinajstić information content (AvgIpc) is 2.93. The number of carbonyl (C=O) groups excluding carboxylic acids is 2. The lowest BCUT2D eigenvalue weighted by Crippen LogP contribution is -2.52. The van der Waals surface area contributed by atoms with Gasteiger partial charge in [-0.15, -0.1) is 0 Å². The van der Waals surface area contributed by atoms with E-state index in [1.54, 1.807) is 43.3 Å². The Morgan fingerprint density at radius 1 is 0.850 bits per heavy atom. The van der Waals surface area contributed by atoms with Crippen molar-refractivity contribution in [1.29, 1.82) is 0 Å². The number of rotatable bonds is 11. The van der Waals surface area contributed by atoms with Crippen molar-refractivity contribution in [3.8, 4) is 0 Å². The van der Waals surface area contributed by atoms with Crippen molar-refractivity contribution >= 4 is 73.9 Å². The van der Waals surface area contributed by atoms with Crippen molar-refractivity contribution in [3.05, 3.63) is 92.4 Å². The highest BCUT2D eigenvalue weighted by Crippen LogP contribution is 2.31. The van der Waals surface area contributed by atoms with Gasteiger partial charge >= 0.3 is 0 Å². The summed E-state index contributed by atoms with van der Waals surface area (Å²) in [5.74, 6) is -1.00. The molecule has 0 aliphatic heterocycles. The number of halogens is 4. The predicted octanol–water partition coefficient (Wildman–Crippen LogP) is 6.83. The number of nitrogens with one attached hydrogen (secondary N) is 1. The van der Waals surface area contributed by atoms with E-state index in [2.05, 4.69) is 5.32 Å². The minimum atomic E-state index is -4.22. The summed E-state index contributed by atoms with van der Waals surface area (Å²) in [6, 6.07) is 15.8. The van der Waals surface area contributed by atoms with Crippen LogP contribution in [0.25, 0.3) is 0 Å². The molecule has 0 unspecified atom stereocenters. The standard InChI is InChI=1S/C28H29Cl4N3O4S/c1-4-18(2)33-28(37)19(3)34(16-20-10-12-23(29)25(31)14-20)27(36)17-35(21-11-13-24(30)26(32)15-21)40(38,39)22-8-6-5-7-9-22/h5-15,18-19H,4,16-17H2,1-3H3,(H,33,37)/t18-,19+/m0/s1. The Hall–Kier alpha value is -2.49. The molecular formula is C28H29Cl4N3O4S. The summed E-state index contributed by atoms with van der Waals surface area (Å²) in [6.07, 6.45) is 0.694. The predicted molar refractivity (Wildman–Crippen MR) is 162 cm³/mol. The molecule has 0 fully saturated rings. The average molecular weight is 645 g/mol. The number of hydrogen-bond donors (Lipinski definition) is 1. The lowest BCUT2D eigenvalue weighted by molar-refractivity contribution is -0.139. The maximum atomic E-state index is 13.9. The molecule has 0 radical (unpaired) electrons. The summed E-state index contributed by atoms with van der Waals surface area (Å²) >= 11 is 24.6. The summed E-state index contributed by atoms with van der Waals surface area (Å²) in [6.45, 7) is 4.73. The highest BCUT2D eigenvalue weighted by Gasteiger charge is 2.33. The maximum absolute atomic E-state index is 13.9. The van der Waals surface area contributed by atoms with Crippen molar-refractivity contribution in [3.63, 3.8) is 0 Å². The topological polar surface area (TPSA) is 86.8 Å². The molecule has 214 valence electrons. The van der Waals surface area contributed by atoms with Gasteiger partial charge in [-0.3, -0.25) is 13.9 Å². The first kappa shape index (κ1) is 32.0. The Morgan fingerprint density at radius 2 is 1.45 bits per heavy atom. The molecule has 3 aromatic rings. The van der Waals surface area contributed by atoms with E-state index in [1.165, 1.54) is 35.2 Å². The SMILES string of the molecule is CC[C@H](C)NC(=O)[C@@H](C)N(Cc1ccc(Cl)c(Cl)c1)C(=O)CN(c1ccc(Cl)c(Cl)c1)S(=O)(=O)c1ccccc1. The zero-order valence-electron chi connectivity index (χ0n) is 22.1. The van der Waals surface area contributed by atoms with Crippen molar-refractivity contribution < 1.29 is 18.0 Å². The first-order valence-corrected chi connectivity index (χ1v) is 15.4. The summed E-state index contributed by atoms with van der Waals surface area (Å²) < 4.78 is 28.5. The van der Waals surface area contributed by atoms with Gasteiger partial charge in [-0.1, -0.05) is 77.6 Å². The zero-order chi connectivity index (χ0) is 29.6. The quantitative estimate of drug-likeness (QED) is 0.248. The summed E-state index contributed by atoms with van der Waals surface area (Å²) in [5, 5.41) is 3.85. The third kappa shape index (κ3) is 7.83. The van der Waals surface area contributed by atoms with Crippen LogP contribution in [0.1, 0.15) is 32.8 Å². The highest BCUT2D eigenvalue weighted by molar-refractivity contribution is 7.92. The molecule has 0 heterocycles. The minimum absolute atomic E-state index is 0.0209. The second kappa shape index (κ2) is 13.9. The monoisotopic (exact) mass is 643 g/mol. The Labute approximate surface area is 255 Å². The first-order chi connectivity index (χ1) is 18.8. The van der Waals surface area contributed by atoms with Gasteiger partial charge in [0.1, 0.15) is 12.6 Å². The Bertz CT molecular complexity index is 1470. The molecule has 0 aromatic heterocycles. The highest BCUT2D eigenvalue weighted by atomic mass is 35.5. The van der Waals surface area contributed by atoms with Crippen LogP contribution in [0.2, 0.25) is 20.1 Å². The normalized spacial score (nSPS) is 12.9. The van der Waals surface area contributed by atoms with E-state index >= 15 is 0 Å². The van der Waals surface area contributed by atoms with Crippen LogP contribution in [0.3, 0.4) is 0 Å². The summed E-state index contributed by atoms with van der Waals surface area (Å²) in [7, 11) is -4.22. The van der Waals surface area contributed by atoms with Gasteiger partial charge in [0.05, 0.1) is 30.7 Å². The molecule has 0 spiro atoms. The fraction of sp³-hybridized carbons (Fsp3) is 0.286. The molecule has 2 atom stereocenters. The van der Waals surface area contributed by atoms with Crippen LogP contribution in [-0.4, -0.2) is 43.8 Å². The molecule has 1 N–H and O–H groups in total. The molecule has 0 saturated carbocycles. The molecule has 3 aromatic carbocycles. The minimum Gasteiger partial charge on any atom is -0.352 e. The van der Waals surface area contributed by atoms with Gasteiger partial charge in [0.25, 0.3) is 10.0 Å². The molecule has 0 saturated heterocycles. The molecule has 2 amide bonds. The van der Waals surface area contributed by atoms with Gasteiger partial charge in [0.2, 0.25) is 11.8 Å². The van der Waals surface area contributed by atoms with Gasteiger partial charge in [-0.05, 0) is 68.3 Å². The number of nitrogens with zero attached hydrogens (tertiary/aromatic N) is 2. The number of sulfonamides is 1. The van der Waals surface area contributed by atoms with E-state index in [1.807, 2.05) is 13.8 Å². The van der Waals surface area contributed by atoms with Crippen LogP contribution in [0, 0.1) is 0 Å². The Balaban J connectivity index is 2.05. The van der Waals surface area contributed by atoms with E-state index in [-0.39, 0.29) is 44.1 Å². The van der Waals surface area contributed by atoms with Gasteiger partial charge < -0.3 is 10.2 Å². The molecule has 7 nitrogen and oxygen atoms in total. The number of anilines is 1. The van der Waals surface area contributed by atoms with E-state index in [0.717, 1.165) is 4.31 Å². The lowest BCUT2D eigenvalue weighted by Gasteiger charge is -2.32. The summed E-state index contributed by atoms with van der Waals surface area (Å²) in [4.78, 5) is 28.3. The fourth-order valence-electron chi connectivity index (χ4n) is 3.77. The van der Waals surface area contributed by atoms with Crippen LogP contribution >= 0.6 is 46.4 Å². The molecule has 3 rings (SSSR count). The van der Waals surface area contributed by atoms with Crippen molar-refractivity contribution in [2.45, 2.75) is 50.7 Å². The second-order valence-corrected chi connectivity index (χ2v) is 12.7. The number of amides is 2. The van der Waals surface area contributed by atoms with Gasteiger partial charge in [-0.25, -0.2) is 8.42 Å². The molecule has 0 aliphatic rings. The Kier molecular flexibility index (Phi) is 11.1. The van der Waals surface area contributed by atoms with Crippen LogP contribution in [0.15, 0.2) is 71.6 Å². The molecule has 12 heteroatoms. The van der Waals surface area contributed by atoms with Crippen molar-refractivity contribution in [2.75, 3.05) is 10.8 Å². The number of hydrogen-bond acceptors (Lipinski definition) is 4. The lowest BCUT2D eigenvalue weighted by atomic mass is 10.1. The Morgan fingerprint density at radius 3 is 2.02 bits per heavy atom. The van der Waals surface area contributed by atoms with Crippen LogP contribution in [0.4, 0.5) is 5.69 Å². The molecule has 0 aliphatic carbocycles. The van der Waals surface area contributed by atoms with E-state index in [9.17, 15) is 18.0 Å². The molecule has 40 heavy (non-hydrogen) atoms. The first-order valence-electron chi connectivity index (χ1n) is 12.4. The van der Waals surface area contributed by atoms with E-state index < -0.39 is 28.5 Å². The van der Waals surface area contributed by atoms with Crippen LogP contribution in [-0.2, 0) is 26.2 Å². The summed E-state index contributed by atoms with van der Waals surface area (Å²) in [5.41, 5.74) is 0.746. The fourth-order valence-corrected chi connectivity index (χ4v) is 5.81. The van der Waals surface area contributed by atoms with Crippen molar-refractivity contribution in [2.24, 2.45) is 0 Å². The molecule has 0 bridgehead atoms. The van der Waals surface area contributed by atoms with Gasteiger partial charge in [-0.2, -0.15) is 0 Å². The number of benzene rings is 3. The van der Waals surface area contributed by atoms with E-state index in [4.69, 9.17) is 46.4 Å². The van der Waals surface area contributed by atoms with Gasteiger partial charge in [0.15, 0.2) is 0 Å². The maximum Gasteiger partial charge on any atom is 0.264 e. The zero-order valence-corrected chi connectivity index (χ0v) is 25.9. The largest absolute Gasteiger partial charge is 0.352 e. The third-order valence-corrected chi connectivity index (χ3v) is 9.57. The molecular weight excluding hydrogens is 616 g/mol. The third-order valence-electron chi connectivity index (χ3n) is 6.31. The second-order valence-electron chi connectivity index (χ2n) is 9.19. The van der Waals surface area contributed by atoms with Crippen LogP contribution < -0.4 is 9.62 Å². The van der Waals surface area contributed by atoms with Crippen molar-refractivity contribution in [1.82, 2.24) is 10.2 Å². The van der Waals surface area contributed by atoms with E-state index in [0.29, 0.717) is 17.0 Å². The van der Waals surface area contributed by atoms with Gasteiger partial charge in [0, 0.05) is 12.6 Å². The number of carbonyl (C=O) groups is 2. The van der Waals surface area contributed by atoms with Crippen LogP contribution in [0.5, 0.6) is 0 Å².